The molecule has 1 aliphatic carbocycles. The van der Waals surface area contributed by atoms with Crippen molar-refractivity contribution in [3.63, 3.8) is 0 Å². The molecule has 0 spiro atoms. The van der Waals surface area contributed by atoms with Gasteiger partial charge in [0, 0.05) is 38.1 Å². The van der Waals surface area contributed by atoms with Gasteiger partial charge in [0.1, 0.15) is 5.82 Å². The Morgan fingerprint density at radius 2 is 1.54 bits per heavy atom. The SMILES string of the molecule is CN(C)c1nc(N[C@H]2CC[C@@H](NC(=S)NCc3cccc4ccccc34)CC2)nc2ccccc12. The van der Waals surface area contributed by atoms with Crippen LogP contribution in [-0.2, 0) is 6.54 Å². The summed E-state index contributed by atoms with van der Waals surface area (Å²) in [5.41, 5.74) is 2.22. The number of para-hydroxylation sites is 1. The maximum atomic E-state index is 5.61. The molecule has 3 N–H and O–H groups in total. The summed E-state index contributed by atoms with van der Waals surface area (Å²) in [5.74, 6) is 1.65. The van der Waals surface area contributed by atoms with Crippen molar-refractivity contribution >= 4 is 50.8 Å². The number of aromatic nitrogens is 2. The maximum absolute atomic E-state index is 5.61. The summed E-state index contributed by atoms with van der Waals surface area (Å²) in [5, 5.41) is 14.8. The van der Waals surface area contributed by atoms with E-state index >= 15 is 0 Å². The third-order valence-corrected chi connectivity index (χ3v) is 6.98. The molecular weight excluding hydrogens is 452 g/mol. The molecule has 0 atom stereocenters. The van der Waals surface area contributed by atoms with Crippen LogP contribution < -0.4 is 20.9 Å². The third-order valence-electron chi connectivity index (χ3n) is 6.72. The van der Waals surface area contributed by atoms with Gasteiger partial charge < -0.3 is 20.9 Å². The van der Waals surface area contributed by atoms with E-state index < -0.39 is 0 Å². The van der Waals surface area contributed by atoms with Crippen molar-refractivity contribution in [1.29, 1.82) is 0 Å². The maximum Gasteiger partial charge on any atom is 0.225 e. The number of benzene rings is 3. The highest BCUT2D eigenvalue weighted by Crippen LogP contribution is 2.26. The molecule has 3 aromatic carbocycles. The van der Waals surface area contributed by atoms with Crippen molar-refractivity contribution in [2.45, 2.75) is 44.3 Å². The Morgan fingerprint density at radius 1 is 0.857 bits per heavy atom. The highest BCUT2D eigenvalue weighted by atomic mass is 32.1. The second-order valence-electron chi connectivity index (χ2n) is 9.44. The van der Waals surface area contributed by atoms with E-state index in [1.165, 1.54) is 16.3 Å². The number of hydrogen-bond donors (Lipinski definition) is 3. The van der Waals surface area contributed by atoms with Gasteiger partial charge in [-0.3, -0.25) is 0 Å². The molecule has 6 nitrogen and oxygen atoms in total. The first-order valence-electron chi connectivity index (χ1n) is 12.3. The van der Waals surface area contributed by atoms with Crippen LogP contribution in [0.4, 0.5) is 11.8 Å². The Bertz CT molecular complexity index is 1320. The van der Waals surface area contributed by atoms with Gasteiger partial charge in [-0.1, -0.05) is 54.6 Å². The molecule has 35 heavy (non-hydrogen) atoms. The third kappa shape index (κ3) is 5.46. The van der Waals surface area contributed by atoms with Gasteiger partial charge in [-0.25, -0.2) is 4.98 Å². The Labute approximate surface area is 212 Å². The van der Waals surface area contributed by atoms with Crippen LogP contribution in [0, 0.1) is 0 Å². The lowest BCUT2D eigenvalue weighted by molar-refractivity contribution is 0.385. The lowest BCUT2D eigenvalue weighted by Crippen LogP contribution is -2.44. The molecule has 4 aromatic rings. The van der Waals surface area contributed by atoms with Crippen molar-refractivity contribution in [2.24, 2.45) is 0 Å². The second kappa shape index (κ2) is 10.4. The molecule has 1 heterocycles. The molecule has 1 aromatic heterocycles. The standard InChI is InChI=1S/C28H32N6S/c1-34(2)26-24-12-5-6-13-25(24)32-27(33-26)30-21-14-16-22(17-15-21)31-28(35)29-18-20-10-7-9-19-8-3-4-11-23(19)20/h3-13,21-22H,14-18H2,1-2H3,(H2,29,31,35)(H,30,32,33)/t21-,22+. The number of fused-ring (bicyclic) bond motifs is 2. The van der Waals surface area contributed by atoms with Crippen molar-refractivity contribution in [3.8, 4) is 0 Å². The van der Waals surface area contributed by atoms with Gasteiger partial charge in [-0.05, 0) is 66.4 Å². The molecule has 0 bridgehead atoms. The molecule has 0 unspecified atom stereocenters. The first-order valence-corrected chi connectivity index (χ1v) is 12.7. The summed E-state index contributed by atoms with van der Waals surface area (Å²) in [6, 6.07) is 23.8. The van der Waals surface area contributed by atoms with Crippen LogP contribution in [-0.4, -0.2) is 41.3 Å². The van der Waals surface area contributed by atoms with E-state index in [0.717, 1.165) is 54.1 Å². The summed E-state index contributed by atoms with van der Waals surface area (Å²) >= 11 is 5.61. The summed E-state index contributed by atoms with van der Waals surface area (Å²) < 4.78 is 0. The zero-order chi connectivity index (χ0) is 24.2. The summed E-state index contributed by atoms with van der Waals surface area (Å²) in [4.78, 5) is 11.6. The predicted molar refractivity (Wildman–Crippen MR) is 150 cm³/mol. The number of rotatable bonds is 6. The molecule has 7 heteroatoms. The van der Waals surface area contributed by atoms with Crippen LogP contribution in [0.15, 0.2) is 66.7 Å². The molecule has 1 saturated carbocycles. The Kier molecular flexibility index (Phi) is 6.95. The predicted octanol–water partition coefficient (Wildman–Crippen LogP) is 5.24. The van der Waals surface area contributed by atoms with Crippen molar-refractivity contribution < 1.29 is 0 Å². The zero-order valence-electron chi connectivity index (χ0n) is 20.3. The molecule has 5 rings (SSSR count). The van der Waals surface area contributed by atoms with Crippen LogP contribution in [0.25, 0.3) is 21.7 Å². The molecular formula is C28H32N6S. The average molecular weight is 485 g/mol. The van der Waals surface area contributed by atoms with Gasteiger partial charge >= 0.3 is 0 Å². The van der Waals surface area contributed by atoms with Gasteiger partial charge in [-0.2, -0.15) is 4.98 Å². The molecule has 180 valence electrons. The first-order chi connectivity index (χ1) is 17.1. The fraction of sp³-hybridized carbons (Fsp3) is 0.321. The van der Waals surface area contributed by atoms with Gasteiger partial charge in [0.25, 0.3) is 0 Å². The Balaban J connectivity index is 1.13. The minimum absolute atomic E-state index is 0.362. The molecule has 0 amide bonds. The van der Waals surface area contributed by atoms with E-state index in [1.54, 1.807) is 0 Å². The number of nitrogens with one attached hydrogen (secondary N) is 3. The van der Waals surface area contributed by atoms with Crippen LogP contribution in [0.5, 0.6) is 0 Å². The number of nitrogens with zero attached hydrogens (tertiary/aromatic N) is 3. The van der Waals surface area contributed by atoms with E-state index in [2.05, 4.69) is 64.5 Å². The van der Waals surface area contributed by atoms with Crippen LogP contribution >= 0.6 is 12.2 Å². The molecule has 0 radical (unpaired) electrons. The molecule has 1 fully saturated rings. The van der Waals surface area contributed by atoms with E-state index in [4.69, 9.17) is 22.2 Å². The highest BCUT2D eigenvalue weighted by Gasteiger charge is 2.23. The average Bonchev–Trinajstić information content (AvgIpc) is 2.88. The quantitative estimate of drug-likeness (QED) is 0.324. The molecule has 0 saturated heterocycles. The summed E-state index contributed by atoms with van der Waals surface area (Å²) in [6.45, 7) is 0.720. The van der Waals surface area contributed by atoms with Crippen LogP contribution in [0.2, 0.25) is 0 Å². The normalized spacial score (nSPS) is 17.8. The Morgan fingerprint density at radius 3 is 2.34 bits per heavy atom. The minimum atomic E-state index is 0.362. The number of anilines is 2. The molecule has 0 aliphatic heterocycles. The fourth-order valence-corrected chi connectivity index (χ4v) is 5.13. The highest BCUT2D eigenvalue weighted by molar-refractivity contribution is 7.80. The Hall–Kier alpha value is -3.45. The van der Waals surface area contributed by atoms with Crippen LogP contribution in [0.1, 0.15) is 31.2 Å². The lowest BCUT2D eigenvalue weighted by Gasteiger charge is -2.30. The van der Waals surface area contributed by atoms with E-state index in [1.807, 2.05) is 37.2 Å². The largest absolute Gasteiger partial charge is 0.362 e. The number of hydrogen-bond acceptors (Lipinski definition) is 5. The van der Waals surface area contributed by atoms with Gasteiger partial charge in [0.2, 0.25) is 5.95 Å². The van der Waals surface area contributed by atoms with E-state index in [9.17, 15) is 0 Å². The number of thiocarbonyl (C=S) groups is 1. The lowest BCUT2D eigenvalue weighted by atomic mass is 9.91. The second-order valence-corrected chi connectivity index (χ2v) is 9.85. The fourth-order valence-electron chi connectivity index (χ4n) is 4.89. The van der Waals surface area contributed by atoms with E-state index in [0.29, 0.717) is 18.0 Å². The first kappa shape index (κ1) is 23.3. The van der Waals surface area contributed by atoms with Crippen molar-refractivity contribution in [1.82, 2.24) is 20.6 Å². The topological polar surface area (TPSA) is 65.1 Å². The monoisotopic (exact) mass is 484 g/mol. The minimum Gasteiger partial charge on any atom is -0.362 e. The van der Waals surface area contributed by atoms with Crippen molar-refractivity contribution in [3.05, 3.63) is 72.3 Å². The van der Waals surface area contributed by atoms with Crippen LogP contribution in [0.3, 0.4) is 0 Å². The summed E-state index contributed by atoms with van der Waals surface area (Å²) in [7, 11) is 4.04. The van der Waals surface area contributed by atoms with Crippen molar-refractivity contribution in [2.75, 3.05) is 24.3 Å². The summed E-state index contributed by atoms with van der Waals surface area (Å²) in [6.07, 6.45) is 4.22. The smallest absolute Gasteiger partial charge is 0.225 e. The molecule has 1 aliphatic rings. The van der Waals surface area contributed by atoms with Gasteiger partial charge in [0.15, 0.2) is 5.11 Å². The van der Waals surface area contributed by atoms with E-state index in [-0.39, 0.29) is 0 Å². The van der Waals surface area contributed by atoms with Gasteiger partial charge in [0.05, 0.1) is 5.52 Å². The van der Waals surface area contributed by atoms with Gasteiger partial charge in [-0.15, -0.1) is 0 Å². The zero-order valence-corrected chi connectivity index (χ0v) is 21.1.